The van der Waals surface area contributed by atoms with Crippen LogP contribution in [0.1, 0.15) is 30.5 Å². The summed E-state index contributed by atoms with van der Waals surface area (Å²) in [6.07, 6.45) is 1.66. The standard InChI is InChI=1S/C12H20O3S2/c1-5-9-6-7-10(16-9)8-11(13)12(2,3)17(4,14)15/h6-7,11,13H,5,8H2,1-4H3. The molecule has 1 aromatic heterocycles. The fraction of sp³-hybridized carbons (Fsp3) is 0.667. The van der Waals surface area contributed by atoms with Gasteiger partial charge in [0.1, 0.15) is 0 Å². The normalized spacial score (nSPS) is 14.9. The molecular weight excluding hydrogens is 256 g/mol. The van der Waals surface area contributed by atoms with Gasteiger partial charge in [0.2, 0.25) is 0 Å². The van der Waals surface area contributed by atoms with E-state index in [2.05, 4.69) is 6.92 Å². The Balaban J connectivity index is 2.82. The van der Waals surface area contributed by atoms with E-state index in [1.54, 1.807) is 25.2 Å². The summed E-state index contributed by atoms with van der Waals surface area (Å²) in [5, 5.41) is 10.1. The highest BCUT2D eigenvalue weighted by molar-refractivity contribution is 7.92. The number of hydrogen-bond donors (Lipinski definition) is 1. The minimum absolute atomic E-state index is 0.394. The van der Waals surface area contributed by atoms with E-state index in [0.29, 0.717) is 6.42 Å². The van der Waals surface area contributed by atoms with Crippen LogP contribution in [0.3, 0.4) is 0 Å². The molecule has 1 unspecified atom stereocenters. The van der Waals surface area contributed by atoms with E-state index in [1.807, 2.05) is 12.1 Å². The SMILES string of the molecule is CCc1ccc(CC(O)C(C)(C)S(C)(=O)=O)s1. The van der Waals surface area contributed by atoms with E-state index < -0.39 is 20.7 Å². The van der Waals surface area contributed by atoms with E-state index in [-0.39, 0.29) is 0 Å². The van der Waals surface area contributed by atoms with E-state index in [0.717, 1.165) is 11.3 Å². The molecule has 0 saturated heterocycles. The number of aliphatic hydroxyl groups is 1. The van der Waals surface area contributed by atoms with Gasteiger partial charge in [0.25, 0.3) is 0 Å². The lowest BCUT2D eigenvalue weighted by molar-refractivity contribution is 0.138. The maximum absolute atomic E-state index is 11.6. The molecule has 0 amide bonds. The summed E-state index contributed by atoms with van der Waals surface area (Å²) in [6.45, 7) is 5.22. The maximum atomic E-state index is 11.6. The van der Waals surface area contributed by atoms with Crippen molar-refractivity contribution in [3.63, 3.8) is 0 Å². The van der Waals surface area contributed by atoms with Crippen LogP contribution in [0.25, 0.3) is 0 Å². The van der Waals surface area contributed by atoms with Gasteiger partial charge in [-0.1, -0.05) is 6.92 Å². The molecule has 1 rings (SSSR count). The van der Waals surface area contributed by atoms with Crippen LogP contribution in [-0.2, 0) is 22.7 Å². The average Bonchev–Trinajstić information content (AvgIpc) is 2.63. The van der Waals surface area contributed by atoms with E-state index in [4.69, 9.17) is 0 Å². The van der Waals surface area contributed by atoms with Crippen molar-refractivity contribution in [1.29, 1.82) is 0 Å². The summed E-state index contributed by atoms with van der Waals surface area (Å²) in [5.41, 5.74) is 0. The summed E-state index contributed by atoms with van der Waals surface area (Å²) in [7, 11) is -3.27. The first-order valence-electron chi connectivity index (χ1n) is 5.63. The smallest absolute Gasteiger partial charge is 0.155 e. The molecule has 0 fully saturated rings. The molecule has 0 aliphatic rings. The summed E-state index contributed by atoms with van der Waals surface area (Å²) in [6, 6.07) is 3.99. The van der Waals surface area contributed by atoms with Crippen LogP contribution in [0.4, 0.5) is 0 Å². The van der Waals surface area contributed by atoms with Gasteiger partial charge in [-0.05, 0) is 32.4 Å². The maximum Gasteiger partial charge on any atom is 0.155 e. The molecule has 0 spiro atoms. The third-order valence-corrected chi connectivity index (χ3v) is 6.65. The third kappa shape index (κ3) is 3.30. The fourth-order valence-corrected chi connectivity index (χ4v) is 2.98. The van der Waals surface area contributed by atoms with Crippen molar-refractivity contribution in [1.82, 2.24) is 0 Å². The zero-order valence-corrected chi connectivity index (χ0v) is 12.4. The molecule has 0 radical (unpaired) electrons. The largest absolute Gasteiger partial charge is 0.391 e. The lowest BCUT2D eigenvalue weighted by Crippen LogP contribution is -2.44. The van der Waals surface area contributed by atoms with Crippen molar-refractivity contribution >= 4 is 21.2 Å². The molecule has 0 aromatic carbocycles. The number of aliphatic hydroxyl groups excluding tert-OH is 1. The van der Waals surface area contributed by atoms with Gasteiger partial charge >= 0.3 is 0 Å². The molecule has 1 atom stereocenters. The molecule has 98 valence electrons. The minimum Gasteiger partial charge on any atom is -0.391 e. The predicted octanol–water partition coefficient (Wildman–Crippen LogP) is 2.04. The Kier molecular flexibility index (Phi) is 4.38. The lowest BCUT2D eigenvalue weighted by Gasteiger charge is -2.28. The number of rotatable bonds is 5. The van der Waals surface area contributed by atoms with Crippen LogP contribution < -0.4 is 0 Å². The van der Waals surface area contributed by atoms with Crippen LogP contribution in [0.2, 0.25) is 0 Å². The first-order valence-corrected chi connectivity index (χ1v) is 8.34. The molecule has 1 aromatic rings. The van der Waals surface area contributed by atoms with Gasteiger partial charge in [-0.2, -0.15) is 0 Å². The van der Waals surface area contributed by atoms with Crippen LogP contribution in [-0.4, -0.2) is 30.6 Å². The molecule has 3 nitrogen and oxygen atoms in total. The minimum atomic E-state index is -3.27. The summed E-state index contributed by atoms with van der Waals surface area (Å²) < 4.78 is 22.1. The molecule has 0 bridgehead atoms. The van der Waals surface area contributed by atoms with Crippen molar-refractivity contribution in [2.75, 3.05) is 6.26 Å². The Morgan fingerprint density at radius 1 is 1.35 bits per heavy atom. The number of thiophene rings is 1. The highest BCUT2D eigenvalue weighted by Gasteiger charge is 2.38. The van der Waals surface area contributed by atoms with Crippen LogP contribution in [0, 0.1) is 0 Å². The zero-order valence-electron chi connectivity index (χ0n) is 10.7. The molecule has 1 N–H and O–H groups in total. The van der Waals surface area contributed by atoms with Crippen molar-refractivity contribution in [2.45, 2.75) is 44.5 Å². The second-order valence-corrected chi connectivity index (χ2v) is 8.67. The lowest BCUT2D eigenvalue weighted by atomic mass is 10.0. The Morgan fingerprint density at radius 2 is 1.88 bits per heavy atom. The zero-order chi connectivity index (χ0) is 13.3. The van der Waals surface area contributed by atoms with Crippen LogP contribution >= 0.6 is 11.3 Å². The summed E-state index contributed by atoms with van der Waals surface area (Å²) in [4.78, 5) is 2.29. The van der Waals surface area contributed by atoms with Crippen molar-refractivity contribution in [2.24, 2.45) is 0 Å². The van der Waals surface area contributed by atoms with Gasteiger partial charge in [0.15, 0.2) is 9.84 Å². The van der Waals surface area contributed by atoms with Crippen LogP contribution in [0.5, 0.6) is 0 Å². The molecular formula is C12H20O3S2. The molecule has 17 heavy (non-hydrogen) atoms. The molecule has 1 heterocycles. The number of hydrogen-bond acceptors (Lipinski definition) is 4. The van der Waals surface area contributed by atoms with Gasteiger partial charge < -0.3 is 5.11 Å². The molecule has 5 heteroatoms. The molecule has 0 saturated carbocycles. The monoisotopic (exact) mass is 276 g/mol. The molecule has 0 aliphatic heterocycles. The first-order chi connectivity index (χ1) is 7.68. The van der Waals surface area contributed by atoms with Crippen molar-refractivity contribution < 1.29 is 13.5 Å². The first kappa shape index (κ1) is 14.7. The van der Waals surface area contributed by atoms with Gasteiger partial charge in [-0.15, -0.1) is 11.3 Å². The van der Waals surface area contributed by atoms with Gasteiger partial charge in [0.05, 0.1) is 10.9 Å². The molecule has 0 aliphatic carbocycles. The predicted molar refractivity (Wildman–Crippen MR) is 72.3 cm³/mol. The van der Waals surface area contributed by atoms with E-state index in [1.165, 1.54) is 11.1 Å². The topological polar surface area (TPSA) is 54.4 Å². The second-order valence-electron chi connectivity index (χ2n) is 4.82. The number of aryl methyl sites for hydroxylation is 1. The summed E-state index contributed by atoms with van der Waals surface area (Å²) >= 11 is 1.63. The van der Waals surface area contributed by atoms with E-state index in [9.17, 15) is 13.5 Å². The van der Waals surface area contributed by atoms with Gasteiger partial charge in [-0.3, -0.25) is 0 Å². The third-order valence-electron chi connectivity index (χ3n) is 3.22. The highest BCUT2D eigenvalue weighted by Crippen LogP contribution is 2.26. The second kappa shape index (κ2) is 5.08. The fourth-order valence-electron chi connectivity index (χ4n) is 1.41. The average molecular weight is 276 g/mol. The Morgan fingerprint density at radius 3 is 2.29 bits per heavy atom. The van der Waals surface area contributed by atoms with Gasteiger partial charge in [0, 0.05) is 22.4 Å². The van der Waals surface area contributed by atoms with Crippen molar-refractivity contribution in [3.8, 4) is 0 Å². The van der Waals surface area contributed by atoms with Crippen molar-refractivity contribution in [3.05, 3.63) is 21.9 Å². The summed E-state index contributed by atoms with van der Waals surface area (Å²) in [5.74, 6) is 0. The Labute approximate surface area is 107 Å². The quantitative estimate of drug-likeness (QED) is 0.895. The van der Waals surface area contributed by atoms with Crippen LogP contribution in [0.15, 0.2) is 12.1 Å². The van der Waals surface area contributed by atoms with Gasteiger partial charge in [-0.25, -0.2) is 8.42 Å². The van der Waals surface area contributed by atoms with E-state index >= 15 is 0 Å². The highest BCUT2D eigenvalue weighted by atomic mass is 32.2. The number of sulfone groups is 1. The Hall–Kier alpha value is -0.390. The Bertz CT molecular complexity index is 472.